The Bertz CT molecular complexity index is 708. The van der Waals surface area contributed by atoms with E-state index in [4.69, 9.17) is 11.6 Å². The van der Waals surface area contributed by atoms with Gasteiger partial charge in [0.05, 0.1) is 5.56 Å². The fraction of sp³-hybridized carbons (Fsp3) is 0.133. The Morgan fingerprint density at radius 1 is 1.09 bits per heavy atom. The van der Waals surface area contributed by atoms with Crippen molar-refractivity contribution in [1.29, 1.82) is 0 Å². The van der Waals surface area contributed by atoms with Crippen molar-refractivity contribution in [3.63, 3.8) is 0 Å². The number of hydrazine groups is 1. The van der Waals surface area contributed by atoms with Crippen LogP contribution in [0.15, 0.2) is 47.6 Å². The van der Waals surface area contributed by atoms with Gasteiger partial charge in [0, 0.05) is 16.9 Å². The van der Waals surface area contributed by atoms with Gasteiger partial charge in [-0.1, -0.05) is 11.6 Å². The van der Waals surface area contributed by atoms with Gasteiger partial charge in [0.15, 0.2) is 5.84 Å². The van der Waals surface area contributed by atoms with E-state index >= 15 is 0 Å². The second-order valence-corrected chi connectivity index (χ2v) is 4.88. The van der Waals surface area contributed by atoms with E-state index in [0.29, 0.717) is 16.9 Å². The summed E-state index contributed by atoms with van der Waals surface area (Å²) in [6, 6.07) is 10.1. The second kappa shape index (κ2) is 6.57. The predicted molar refractivity (Wildman–Crippen MR) is 84.0 cm³/mol. The summed E-state index contributed by atoms with van der Waals surface area (Å²) in [6.45, 7) is 1.88. The van der Waals surface area contributed by atoms with Crippen molar-refractivity contribution in [2.24, 2.45) is 16.7 Å². The van der Waals surface area contributed by atoms with Crippen LogP contribution in [0.4, 0.5) is 24.5 Å². The monoisotopic (exact) mass is 323 g/mol. The highest BCUT2D eigenvalue weighted by molar-refractivity contribution is 6.03. The Kier molecular flexibility index (Phi) is 4.75. The van der Waals surface area contributed by atoms with Crippen LogP contribution in [0.5, 0.6) is 0 Å². The van der Waals surface area contributed by atoms with Crippen LogP contribution in [0, 0.1) is 6.92 Å². The molecule has 2 aromatic carbocycles. The number of nitrogens with two attached hydrogens (primary N) is 2. The average molecular weight is 323 g/mol. The van der Waals surface area contributed by atoms with Gasteiger partial charge in [-0.2, -0.15) is 13.2 Å². The summed E-state index contributed by atoms with van der Waals surface area (Å²) >= 11 is 0. The zero-order chi connectivity index (χ0) is 17.0. The molecule has 0 bridgehead atoms. The maximum Gasteiger partial charge on any atom is 0.416 e. The molecule has 0 saturated heterocycles. The highest BCUT2D eigenvalue weighted by Gasteiger charge is 2.29. The van der Waals surface area contributed by atoms with Crippen molar-refractivity contribution in [2.75, 3.05) is 5.32 Å². The van der Waals surface area contributed by atoms with Crippen molar-refractivity contribution >= 4 is 17.2 Å². The number of anilines is 2. The first-order valence-corrected chi connectivity index (χ1v) is 6.65. The van der Waals surface area contributed by atoms with Crippen LogP contribution in [0.25, 0.3) is 0 Å². The lowest BCUT2D eigenvalue weighted by atomic mass is 10.1. The lowest BCUT2D eigenvalue weighted by Crippen LogP contribution is -2.23. The molecule has 0 spiro atoms. The van der Waals surface area contributed by atoms with Crippen molar-refractivity contribution < 1.29 is 13.2 Å². The SMILES string of the molecule is Cc1ccc(Nc2ccc(C(F)(F)F)cc2)c(/C(N)=N/NN)c1. The molecule has 0 aliphatic rings. The van der Waals surface area contributed by atoms with Gasteiger partial charge in [-0.15, -0.1) is 5.10 Å². The van der Waals surface area contributed by atoms with Gasteiger partial charge in [0.2, 0.25) is 0 Å². The molecule has 0 fully saturated rings. The number of hydrogen-bond donors (Lipinski definition) is 4. The highest BCUT2D eigenvalue weighted by Crippen LogP contribution is 2.30. The molecule has 122 valence electrons. The number of hydrazone groups is 1. The number of rotatable bonds is 4. The topological polar surface area (TPSA) is 88.5 Å². The van der Waals surface area contributed by atoms with Crippen molar-refractivity contribution in [1.82, 2.24) is 5.53 Å². The quantitative estimate of drug-likeness (QED) is 0.301. The van der Waals surface area contributed by atoms with E-state index in [1.54, 1.807) is 12.1 Å². The molecular formula is C15H16F3N5. The summed E-state index contributed by atoms with van der Waals surface area (Å²) in [4.78, 5) is 0. The van der Waals surface area contributed by atoms with Gasteiger partial charge in [-0.25, -0.2) is 11.4 Å². The van der Waals surface area contributed by atoms with Crippen molar-refractivity contribution in [2.45, 2.75) is 13.1 Å². The van der Waals surface area contributed by atoms with Crippen LogP contribution in [0.1, 0.15) is 16.7 Å². The number of alkyl halides is 3. The number of aryl methyl sites for hydroxylation is 1. The van der Waals surface area contributed by atoms with E-state index in [0.717, 1.165) is 17.7 Å². The molecule has 0 amide bonds. The number of nitrogens with zero attached hydrogens (tertiary/aromatic N) is 1. The maximum absolute atomic E-state index is 12.6. The predicted octanol–water partition coefficient (Wildman–Crippen LogP) is 2.84. The zero-order valence-corrected chi connectivity index (χ0v) is 12.3. The minimum absolute atomic E-state index is 0.158. The van der Waals surface area contributed by atoms with Crippen LogP contribution in [0.2, 0.25) is 0 Å². The molecule has 0 aliphatic carbocycles. The lowest BCUT2D eigenvalue weighted by molar-refractivity contribution is -0.137. The third-order valence-corrected chi connectivity index (χ3v) is 3.13. The number of hydrogen-bond acceptors (Lipinski definition) is 4. The molecule has 0 saturated carbocycles. The molecule has 2 rings (SSSR count). The van der Waals surface area contributed by atoms with Crippen LogP contribution in [0.3, 0.4) is 0 Å². The number of nitrogens with one attached hydrogen (secondary N) is 2. The summed E-state index contributed by atoms with van der Waals surface area (Å²) < 4.78 is 37.7. The number of halogens is 3. The Morgan fingerprint density at radius 2 is 1.74 bits per heavy atom. The molecule has 2 aromatic rings. The largest absolute Gasteiger partial charge is 0.416 e. The summed E-state index contributed by atoms with van der Waals surface area (Å²) in [5, 5.41) is 6.74. The van der Waals surface area contributed by atoms with Crippen LogP contribution in [-0.4, -0.2) is 5.84 Å². The third-order valence-electron chi connectivity index (χ3n) is 3.13. The molecule has 0 aromatic heterocycles. The third kappa shape index (κ3) is 4.13. The van der Waals surface area contributed by atoms with E-state index in [1.165, 1.54) is 12.1 Å². The Morgan fingerprint density at radius 3 is 2.30 bits per heavy atom. The van der Waals surface area contributed by atoms with Gasteiger partial charge in [-0.3, -0.25) is 0 Å². The number of amidine groups is 1. The minimum atomic E-state index is -4.36. The van der Waals surface area contributed by atoms with Gasteiger partial charge >= 0.3 is 6.18 Å². The van der Waals surface area contributed by atoms with Gasteiger partial charge in [-0.05, 0) is 43.3 Å². The smallest absolute Gasteiger partial charge is 0.382 e. The first-order valence-electron chi connectivity index (χ1n) is 6.65. The molecule has 0 aliphatic heterocycles. The molecule has 0 radical (unpaired) electrons. The van der Waals surface area contributed by atoms with E-state index in [9.17, 15) is 13.2 Å². The van der Waals surface area contributed by atoms with E-state index in [-0.39, 0.29) is 5.84 Å². The Hall–Kier alpha value is -2.74. The number of benzene rings is 2. The summed E-state index contributed by atoms with van der Waals surface area (Å²) in [7, 11) is 0. The first-order chi connectivity index (χ1) is 10.8. The fourth-order valence-corrected chi connectivity index (χ4v) is 2.01. The van der Waals surface area contributed by atoms with Gasteiger partial charge in [0.25, 0.3) is 0 Å². The molecule has 8 heteroatoms. The van der Waals surface area contributed by atoms with Gasteiger partial charge in [0.1, 0.15) is 0 Å². The minimum Gasteiger partial charge on any atom is -0.382 e. The van der Waals surface area contributed by atoms with Crippen molar-refractivity contribution in [3.05, 3.63) is 59.2 Å². The maximum atomic E-state index is 12.6. The molecule has 23 heavy (non-hydrogen) atoms. The van der Waals surface area contributed by atoms with Gasteiger partial charge < -0.3 is 11.1 Å². The molecule has 5 nitrogen and oxygen atoms in total. The lowest BCUT2D eigenvalue weighted by Gasteiger charge is -2.13. The second-order valence-electron chi connectivity index (χ2n) is 4.88. The molecule has 0 unspecified atom stereocenters. The van der Waals surface area contributed by atoms with Crippen LogP contribution in [-0.2, 0) is 6.18 Å². The Balaban J connectivity index is 2.31. The van der Waals surface area contributed by atoms with Crippen LogP contribution >= 0.6 is 0 Å². The molecular weight excluding hydrogens is 307 g/mol. The normalized spacial score (nSPS) is 12.1. The summed E-state index contributed by atoms with van der Waals surface area (Å²) in [6.07, 6.45) is -4.36. The van der Waals surface area contributed by atoms with E-state index in [1.807, 2.05) is 13.0 Å². The molecule has 6 N–H and O–H groups in total. The standard InChI is InChI=1S/C15H16F3N5/c1-9-2-7-13(12(8-9)14(19)22-23-20)21-11-5-3-10(4-6-11)15(16,17)18/h2-8,21,23H,20H2,1H3,(H2,19,22). The van der Waals surface area contributed by atoms with E-state index in [2.05, 4.69) is 16.0 Å². The van der Waals surface area contributed by atoms with Crippen molar-refractivity contribution in [3.8, 4) is 0 Å². The van der Waals surface area contributed by atoms with Crippen LogP contribution < -0.4 is 22.4 Å². The van der Waals surface area contributed by atoms with E-state index < -0.39 is 11.7 Å². The first kappa shape index (κ1) is 16.6. The average Bonchev–Trinajstić information content (AvgIpc) is 2.49. The molecule has 0 heterocycles. The fourth-order valence-electron chi connectivity index (χ4n) is 2.01. The summed E-state index contributed by atoms with van der Waals surface area (Å²) in [5.41, 5.74) is 9.87. The summed E-state index contributed by atoms with van der Waals surface area (Å²) in [5.74, 6) is 5.28. The highest BCUT2D eigenvalue weighted by atomic mass is 19.4. The molecule has 0 atom stereocenters. The Labute approximate surface area is 131 Å². The zero-order valence-electron chi connectivity index (χ0n) is 12.3.